The number of nitrogens with zero attached hydrogens (tertiary/aromatic N) is 1. The summed E-state index contributed by atoms with van der Waals surface area (Å²) >= 11 is 0. The van der Waals surface area contributed by atoms with Gasteiger partial charge < -0.3 is 14.4 Å². The Bertz CT molecular complexity index is 669. The monoisotopic (exact) mass is 354 g/mol. The first-order valence-corrected chi connectivity index (χ1v) is 10.4. The highest BCUT2D eigenvalue weighted by Gasteiger charge is 2.23. The van der Waals surface area contributed by atoms with Crippen LogP contribution in [0.15, 0.2) is 18.2 Å². The summed E-state index contributed by atoms with van der Waals surface area (Å²) in [5, 5.41) is 0. The topological polar surface area (TPSA) is 67.9 Å². The Morgan fingerprint density at radius 1 is 1.25 bits per heavy atom. The van der Waals surface area contributed by atoms with Crippen molar-refractivity contribution in [2.75, 3.05) is 32.7 Å². The van der Waals surface area contributed by atoms with Crippen LogP contribution in [-0.2, 0) is 16.4 Å². The van der Waals surface area contributed by atoms with Crippen LogP contribution < -0.4 is 14.2 Å². The van der Waals surface area contributed by atoms with E-state index in [0.29, 0.717) is 12.7 Å². The first kappa shape index (κ1) is 17.5. The fourth-order valence-corrected chi connectivity index (χ4v) is 4.35. The molecule has 0 aromatic heterocycles. The zero-order valence-electron chi connectivity index (χ0n) is 14.3. The summed E-state index contributed by atoms with van der Waals surface area (Å²) in [5.41, 5.74) is 1.26. The van der Waals surface area contributed by atoms with Gasteiger partial charge in [-0.25, -0.2) is 13.1 Å². The lowest BCUT2D eigenvalue weighted by atomic mass is 9.98. The summed E-state index contributed by atoms with van der Waals surface area (Å²) in [5.74, 6) is 2.20. The predicted octanol–water partition coefficient (Wildman–Crippen LogP) is 1.61. The Morgan fingerprint density at radius 3 is 2.67 bits per heavy atom. The van der Waals surface area contributed by atoms with Gasteiger partial charge in [0, 0.05) is 12.6 Å². The van der Waals surface area contributed by atoms with E-state index in [2.05, 4.69) is 28.7 Å². The summed E-state index contributed by atoms with van der Waals surface area (Å²) in [6.07, 6.45) is 3.98. The van der Waals surface area contributed by atoms with Gasteiger partial charge in [0.05, 0.1) is 6.26 Å². The minimum atomic E-state index is -3.10. The van der Waals surface area contributed by atoms with Crippen LogP contribution >= 0.6 is 0 Å². The lowest BCUT2D eigenvalue weighted by molar-refractivity contribution is 0.174. The van der Waals surface area contributed by atoms with Crippen molar-refractivity contribution in [1.29, 1.82) is 0 Å². The van der Waals surface area contributed by atoms with Crippen LogP contribution in [0.25, 0.3) is 0 Å². The van der Waals surface area contributed by atoms with Gasteiger partial charge in [-0.2, -0.15) is 0 Å². The molecule has 1 aromatic rings. The molecule has 0 unspecified atom stereocenters. The van der Waals surface area contributed by atoms with Gasteiger partial charge in [-0.05, 0) is 56.0 Å². The number of benzene rings is 1. The first-order chi connectivity index (χ1) is 11.4. The smallest absolute Gasteiger partial charge is 0.231 e. The van der Waals surface area contributed by atoms with Crippen molar-refractivity contribution in [2.45, 2.75) is 32.2 Å². The molecule has 1 saturated heterocycles. The highest BCUT2D eigenvalue weighted by atomic mass is 32.2. The number of piperidine rings is 1. The lowest BCUT2D eigenvalue weighted by Crippen LogP contribution is -2.45. The van der Waals surface area contributed by atoms with E-state index in [1.807, 2.05) is 6.07 Å². The molecule has 1 fully saturated rings. The van der Waals surface area contributed by atoms with Crippen LogP contribution in [0.2, 0.25) is 0 Å². The molecule has 2 aliphatic heterocycles. The predicted molar refractivity (Wildman–Crippen MR) is 92.9 cm³/mol. The van der Waals surface area contributed by atoms with Crippen molar-refractivity contribution < 1.29 is 17.9 Å². The maximum Gasteiger partial charge on any atom is 0.231 e. The summed E-state index contributed by atoms with van der Waals surface area (Å²) in [4.78, 5) is 2.43. The van der Waals surface area contributed by atoms with Gasteiger partial charge in [-0.1, -0.05) is 13.0 Å². The largest absolute Gasteiger partial charge is 0.454 e. The van der Waals surface area contributed by atoms with Gasteiger partial charge in [0.1, 0.15) is 0 Å². The molecule has 134 valence electrons. The van der Waals surface area contributed by atoms with E-state index in [-0.39, 0.29) is 6.04 Å². The highest BCUT2D eigenvalue weighted by Crippen LogP contribution is 2.33. The zero-order valence-corrected chi connectivity index (χ0v) is 15.1. The molecule has 0 aliphatic carbocycles. The third kappa shape index (κ3) is 4.84. The van der Waals surface area contributed by atoms with E-state index in [1.54, 1.807) is 0 Å². The molecule has 0 amide bonds. The normalized spacial score (nSPS) is 20.2. The minimum Gasteiger partial charge on any atom is -0.454 e. The van der Waals surface area contributed by atoms with E-state index in [1.165, 1.54) is 11.8 Å². The number of fused-ring (bicyclic) bond motifs is 1. The van der Waals surface area contributed by atoms with Gasteiger partial charge in [-0.3, -0.25) is 0 Å². The molecule has 2 aliphatic rings. The molecule has 0 saturated carbocycles. The van der Waals surface area contributed by atoms with Gasteiger partial charge in [0.25, 0.3) is 0 Å². The van der Waals surface area contributed by atoms with Gasteiger partial charge in [0.2, 0.25) is 16.8 Å². The number of likely N-dealkylation sites (tertiary alicyclic amines) is 1. The van der Waals surface area contributed by atoms with Crippen molar-refractivity contribution >= 4 is 10.0 Å². The van der Waals surface area contributed by atoms with Crippen LogP contribution in [0.3, 0.4) is 0 Å². The van der Waals surface area contributed by atoms with Crippen molar-refractivity contribution in [3.63, 3.8) is 0 Å². The van der Waals surface area contributed by atoms with E-state index in [0.717, 1.165) is 50.4 Å². The fraction of sp³-hybridized carbons (Fsp3) is 0.647. The standard InChI is InChI=1S/C17H26N2O4S/c1-13(9-14-3-4-16-17(10-14)23-12-22-16)11-19-7-5-15(6-8-19)18-24(2,20)21/h3-4,10,13,15,18H,5-9,11-12H2,1-2H3/t13-/m0/s1. The number of hydrogen-bond donors (Lipinski definition) is 1. The van der Waals surface area contributed by atoms with E-state index < -0.39 is 10.0 Å². The van der Waals surface area contributed by atoms with Crippen molar-refractivity contribution in [1.82, 2.24) is 9.62 Å². The highest BCUT2D eigenvalue weighted by molar-refractivity contribution is 7.88. The Kier molecular flexibility index (Phi) is 5.32. The van der Waals surface area contributed by atoms with E-state index in [4.69, 9.17) is 9.47 Å². The van der Waals surface area contributed by atoms with E-state index >= 15 is 0 Å². The molecule has 0 radical (unpaired) electrons. The summed E-state index contributed by atoms with van der Waals surface area (Å²) in [7, 11) is -3.10. The van der Waals surface area contributed by atoms with Gasteiger partial charge in [-0.15, -0.1) is 0 Å². The van der Waals surface area contributed by atoms with Crippen molar-refractivity contribution in [2.24, 2.45) is 5.92 Å². The summed E-state index contributed by atoms with van der Waals surface area (Å²) in [6.45, 7) is 5.48. The Balaban J connectivity index is 1.45. The zero-order chi connectivity index (χ0) is 17.2. The maximum absolute atomic E-state index is 11.3. The second-order valence-electron chi connectivity index (χ2n) is 6.96. The molecular formula is C17H26N2O4S. The molecule has 1 atom stereocenters. The SMILES string of the molecule is C[C@@H](Cc1ccc2c(c1)OCO2)CN1CCC(NS(C)(=O)=O)CC1. The molecule has 1 N–H and O–H groups in total. The Labute approximate surface area is 144 Å². The molecule has 2 heterocycles. The average molecular weight is 354 g/mol. The lowest BCUT2D eigenvalue weighted by Gasteiger charge is -2.33. The summed E-state index contributed by atoms with van der Waals surface area (Å²) < 4.78 is 36.1. The van der Waals surface area contributed by atoms with Crippen LogP contribution in [0.4, 0.5) is 0 Å². The third-order valence-corrected chi connectivity index (χ3v) is 5.32. The van der Waals surface area contributed by atoms with Crippen LogP contribution in [0, 0.1) is 5.92 Å². The van der Waals surface area contributed by atoms with E-state index in [9.17, 15) is 8.42 Å². The fourth-order valence-electron chi connectivity index (χ4n) is 3.51. The number of sulfonamides is 1. The molecule has 1 aromatic carbocycles. The first-order valence-electron chi connectivity index (χ1n) is 8.47. The van der Waals surface area contributed by atoms with Gasteiger partial charge >= 0.3 is 0 Å². The van der Waals surface area contributed by atoms with Crippen molar-refractivity contribution in [3.8, 4) is 11.5 Å². The maximum atomic E-state index is 11.3. The molecule has 0 bridgehead atoms. The molecule has 24 heavy (non-hydrogen) atoms. The third-order valence-electron chi connectivity index (χ3n) is 4.56. The number of rotatable bonds is 6. The molecule has 0 spiro atoms. The second-order valence-corrected chi connectivity index (χ2v) is 8.74. The Hall–Kier alpha value is -1.31. The van der Waals surface area contributed by atoms with Crippen LogP contribution in [-0.4, -0.2) is 52.0 Å². The average Bonchev–Trinajstić information content (AvgIpc) is 2.95. The van der Waals surface area contributed by atoms with Crippen LogP contribution in [0.1, 0.15) is 25.3 Å². The Morgan fingerprint density at radius 2 is 1.96 bits per heavy atom. The number of ether oxygens (including phenoxy) is 2. The molecule has 3 rings (SSSR count). The molecular weight excluding hydrogens is 328 g/mol. The van der Waals surface area contributed by atoms with Crippen molar-refractivity contribution in [3.05, 3.63) is 23.8 Å². The quantitative estimate of drug-likeness (QED) is 0.841. The number of nitrogens with one attached hydrogen (secondary N) is 1. The molecule has 7 heteroatoms. The minimum absolute atomic E-state index is 0.0837. The number of hydrogen-bond acceptors (Lipinski definition) is 5. The van der Waals surface area contributed by atoms with Crippen LogP contribution in [0.5, 0.6) is 11.5 Å². The second kappa shape index (κ2) is 7.29. The molecule has 6 nitrogen and oxygen atoms in total. The van der Waals surface area contributed by atoms with Gasteiger partial charge in [0.15, 0.2) is 11.5 Å². The summed E-state index contributed by atoms with van der Waals surface area (Å²) in [6, 6.07) is 6.24.